The van der Waals surface area contributed by atoms with Gasteiger partial charge in [0.05, 0.1) is 0 Å². The summed E-state index contributed by atoms with van der Waals surface area (Å²) in [5.41, 5.74) is -0.391. The highest BCUT2D eigenvalue weighted by molar-refractivity contribution is 6.08. The number of carbonyl (C=O) groups is 2. The Kier molecular flexibility index (Phi) is 11.7. The molecule has 0 unspecified atom stereocenters. The van der Waals surface area contributed by atoms with Crippen molar-refractivity contribution < 1.29 is 19.1 Å². The molecule has 0 radical (unpaired) electrons. The zero-order valence-electron chi connectivity index (χ0n) is 24.0. The smallest absolute Gasteiger partial charge is 0.359 e. The Morgan fingerprint density at radius 1 is 1.18 bits per heavy atom. The number of anilines is 2. The van der Waals surface area contributed by atoms with Gasteiger partial charge in [-0.15, -0.1) is 18.9 Å². The molecular weight excluding hydrogens is 506 g/mol. The summed E-state index contributed by atoms with van der Waals surface area (Å²) in [4.78, 5) is 37.1. The molecule has 9 nitrogen and oxygen atoms in total. The minimum atomic E-state index is -0.730. The molecule has 0 fully saturated rings. The van der Waals surface area contributed by atoms with Crippen molar-refractivity contribution in [3.63, 3.8) is 0 Å². The van der Waals surface area contributed by atoms with Crippen LogP contribution in [0.4, 0.5) is 11.8 Å². The molecule has 0 saturated heterocycles. The number of nitrogens with zero attached hydrogens (tertiary/aromatic N) is 4. The number of aromatic nitrogens is 3. The average molecular weight is 544 g/mol. The maximum absolute atomic E-state index is 13.3. The quantitative estimate of drug-likeness (QED) is 0.197. The standard InChI is InChI=1S/C26H31N5O4.C5H6/c1-7-8-17-31-20(24(33)35-26(2,3)4)21(29-25(31)30(5)6)28-22(32)19-15-12-16-27-23(19)34-18-13-10-9-11-14-18;1-3-5-4-2/h7-16H,17H2,1-6H3,(H,28,32);1,4H,2,5H2/b8-7-;. The van der Waals surface area contributed by atoms with Crippen LogP contribution in [0.15, 0.2) is 73.5 Å². The van der Waals surface area contributed by atoms with Crippen molar-refractivity contribution in [3.05, 3.63) is 84.7 Å². The second kappa shape index (κ2) is 14.9. The van der Waals surface area contributed by atoms with Crippen molar-refractivity contribution in [2.45, 2.75) is 46.3 Å². The van der Waals surface area contributed by atoms with Crippen LogP contribution < -0.4 is 15.0 Å². The molecule has 2 aromatic heterocycles. The first kappa shape index (κ1) is 31.4. The predicted octanol–water partition coefficient (Wildman–Crippen LogP) is 6.12. The molecule has 3 aromatic rings. The van der Waals surface area contributed by atoms with Crippen LogP contribution in [0.3, 0.4) is 0 Å². The molecule has 0 aliphatic carbocycles. The number of esters is 1. The number of nitrogens with one attached hydrogen (secondary N) is 1. The van der Waals surface area contributed by atoms with Crippen LogP contribution in [0.2, 0.25) is 0 Å². The number of allylic oxidation sites excluding steroid dienone is 3. The molecular formula is C31H37N5O4. The van der Waals surface area contributed by atoms with Crippen LogP contribution in [0, 0.1) is 12.3 Å². The summed E-state index contributed by atoms with van der Waals surface area (Å²) in [6, 6.07) is 12.3. The summed E-state index contributed by atoms with van der Waals surface area (Å²) < 4.78 is 13.2. The van der Waals surface area contributed by atoms with Gasteiger partial charge < -0.3 is 19.7 Å². The molecule has 2 heterocycles. The molecule has 40 heavy (non-hydrogen) atoms. The van der Waals surface area contributed by atoms with E-state index < -0.39 is 17.5 Å². The topological polar surface area (TPSA) is 98.6 Å². The Bertz CT molecular complexity index is 1360. The third-order valence-electron chi connectivity index (χ3n) is 4.93. The highest BCUT2D eigenvalue weighted by atomic mass is 16.6. The van der Waals surface area contributed by atoms with E-state index in [-0.39, 0.29) is 23.0 Å². The van der Waals surface area contributed by atoms with Crippen LogP contribution in [0.1, 0.15) is 55.0 Å². The number of pyridine rings is 1. The van der Waals surface area contributed by atoms with Gasteiger partial charge >= 0.3 is 5.97 Å². The Balaban J connectivity index is 0.00000103. The number of carbonyl (C=O) groups excluding carboxylic acids is 2. The molecule has 1 aromatic carbocycles. The maximum atomic E-state index is 13.3. The lowest BCUT2D eigenvalue weighted by Crippen LogP contribution is -2.27. The first-order chi connectivity index (χ1) is 19.0. The van der Waals surface area contributed by atoms with Gasteiger partial charge in [0.25, 0.3) is 5.91 Å². The maximum Gasteiger partial charge on any atom is 0.359 e. The van der Waals surface area contributed by atoms with Gasteiger partial charge in [-0.1, -0.05) is 36.4 Å². The average Bonchev–Trinajstić information content (AvgIpc) is 3.26. The van der Waals surface area contributed by atoms with E-state index in [1.165, 1.54) is 6.20 Å². The van der Waals surface area contributed by atoms with Crippen molar-refractivity contribution >= 4 is 23.6 Å². The van der Waals surface area contributed by atoms with Crippen molar-refractivity contribution in [3.8, 4) is 24.0 Å². The summed E-state index contributed by atoms with van der Waals surface area (Å²) in [6.45, 7) is 11.0. The highest BCUT2D eigenvalue weighted by Crippen LogP contribution is 2.28. The van der Waals surface area contributed by atoms with E-state index in [0.29, 0.717) is 24.7 Å². The van der Waals surface area contributed by atoms with Crippen molar-refractivity contribution in [1.29, 1.82) is 0 Å². The number of terminal acetylenes is 1. The summed E-state index contributed by atoms with van der Waals surface area (Å²) in [5, 5.41) is 2.77. The van der Waals surface area contributed by atoms with Crippen LogP contribution in [-0.2, 0) is 11.3 Å². The lowest BCUT2D eigenvalue weighted by atomic mass is 10.2. The van der Waals surface area contributed by atoms with Gasteiger partial charge in [-0.05, 0) is 52.0 Å². The molecule has 0 aliphatic rings. The minimum absolute atomic E-state index is 0.0898. The third kappa shape index (κ3) is 9.17. The molecule has 0 spiro atoms. The Hall–Kier alpha value is -4.84. The van der Waals surface area contributed by atoms with Gasteiger partial charge in [0.15, 0.2) is 11.5 Å². The van der Waals surface area contributed by atoms with Crippen molar-refractivity contribution in [1.82, 2.24) is 14.5 Å². The van der Waals surface area contributed by atoms with E-state index in [1.54, 1.807) is 60.6 Å². The van der Waals surface area contributed by atoms with Crippen LogP contribution in [0.25, 0.3) is 0 Å². The molecule has 9 heteroatoms. The van der Waals surface area contributed by atoms with Gasteiger partial charge in [0.1, 0.15) is 16.9 Å². The lowest BCUT2D eigenvalue weighted by molar-refractivity contribution is 0.00597. The lowest BCUT2D eigenvalue weighted by Gasteiger charge is -2.21. The molecule has 3 rings (SSSR count). The number of hydrogen-bond acceptors (Lipinski definition) is 7. The summed E-state index contributed by atoms with van der Waals surface area (Å²) in [6.07, 6.45) is 12.5. The zero-order chi connectivity index (χ0) is 29.7. The number of hydrogen-bond donors (Lipinski definition) is 1. The summed E-state index contributed by atoms with van der Waals surface area (Å²) >= 11 is 0. The van der Waals surface area contributed by atoms with Gasteiger partial charge in [-0.25, -0.2) is 9.78 Å². The van der Waals surface area contributed by atoms with E-state index in [0.717, 1.165) is 0 Å². The number of amides is 1. The van der Waals surface area contributed by atoms with E-state index in [2.05, 4.69) is 27.8 Å². The summed E-state index contributed by atoms with van der Waals surface area (Å²) in [7, 11) is 3.62. The minimum Gasteiger partial charge on any atom is -0.455 e. The van der Waals surface area contributed by atoms with E-state index in [4.69, 9.17) is 15.9 Å². The fourth-order valence-corrected chi connectivity index (χ4v) is 3.29. The van der Waals surface area contributed by atoms with Gasteiger partial charge in [0, 0.05) is 33.3 Å². The second-order valence-corrected chi connectivity index (χ2v) is 9.61. The van der Waals surface area contributed by atoms with Crippen LogP contribution >= 0.6 is 0 Å². The van der Waals surface area contributed by atoms with Gasteiger partial charge in [-0.2, -0.15) is 4.98 Å². The molecule has 1 amide bonds. The van der Waals surface area contributed by atoms with Gasteiger partial charge in [0.2, 0.25) is 11.8 Å². The predicted molar refractivity (Wildman–Crippen MR) is 159 cm³/mol. The molecule has 0 saturated carbocycles. The van der Waals surface area contributed by atoms with E-state index in [9.17, 15) is 9.59 Å². The normalized spacial score (nSPS) is 10.6. The molecule has 0 bridgehead atoms. The zero-order valence-corrected chi connectivity index (χ0v) is 24.0. The van der Waals surface area contributed by atoms with Gasteiger partial charge in [-0.3, -0.25) is 9.36 Å². The van der Waals surface area contributed by atoms with E-state index >= 15 is 0 Å². The SMILES string of the molecule is C#CCC=C.C/C=C\Cn1c(N(C)C)nc(NC(=O)c2cccnc2Oc2ccccc2)c1C(=O)OC(C)(C)C. The first-order valence-corrected chi connectivity index (χ1v) is 12.7. The molecule has 0 aliphatic heterocycles. The molecule has 210 valence electrons. The van der Waals surface area contributed by atoms with Crippen LogP contribution in [-0.4, -0.2) is 46.1 Å². The highest BCUT2D eigenvalue weighted by Gasteiger charge is 2.30. The van der Waals surface area contributed by atoms with E-state index in [1.807, 2.05) is 51.4 Å². The number of ether oxygens (including phenoxy) is 2. The third-order valence-corrected chi connectivity index (χ3v) is 4.93. The number of imidazole rings is 1. The summed E-state index contributed by atoms with van der Waals surface area (Å²) in [5.74, 6) is 2.55. The van der Waals surface area contributed by atoms with Crippen molar-refractivity contribution in [2.24, 2.45) is 0 Å². The number of benzene rings is 1. The first-order valence-electron chi connectivity index (χ1n) is 12.7. The van der Waals surface area contributed by atoms with Crippen LogP contribution in [0.5, 0.6) is 11.6 Å². The monoisotopic (exact) mass is 543 g/mol. The number of para-hydroxylation sites is 1. The second-order valence-electron chi connectivity index (χ2n) is 9.61. The Labute approximate surface area is 236 Å². The Morgan fingerprint density at radius 2 is 1.88 bits per heavy atom. The molecule has 1 N–H and O–H groups in total. The number of rotatable bonds is 9. The Morgan fingerprint density at radius 3 is 2.42 bits per heavy atom. The fraction of sp³-hybridized carbons (Fsp3) is 0.290. The van der Waals surface area contributed by atoms with Crippen molar-refractivity contribution in [2.75, 3.05) is 24.3 Å². The fourth-order valence-electron chi connectivity index (χ4n) is 3.29. The molecule has 0 atom stereocenters. The largest absolute Gasteiger partial charge is 0.455 e.